The van der Waals surface area contributed by atoms with Crippen LogP contribution in [0, 0.1) is 0 Å². The van der Waals surface area contributed by atoms with Gasteiger partial charge in [0.2, 0.25) is 0 Å². The number of amides is 2. The summed E-state index contributed by atoms with van der Waals surface area (Å²) in [6, 6.07) is 24.2. The van der Waals surface area contributed by atoms with Gasteiger partial charge in [0.1, 0.15) is 0 Å². The maximum atomic E-state index is 12.5. The summed E-state index contributed by atoms with van der Waals surface area (Å²) in [7, 11) is 1.58. The van der Waals surface area contributed by atoms with E-state index in [9.17, 15) is 9.59 Å². The first-order valence-corrected chi connectivity index (χ1v) is 9.01. The van der Waals surface area contributed by atoms with Crippen molar-refractivity contribution in [3.63, 3.8) is 0 Å². The highest BCUT2D eigenvalue weighted by Gasteiger charge is 2.09. The Hall–Kier alpha value is -3.44. The first-order valence-electron chi connectivity index (χ1n) is 9.01. The Balaban J connectivity index is 1.66. The number of anilines is 1. The standard InChI is InChI=1S/C23H22N2O3/c1-28-15-14-24-22(26)20-8-5-9-21(16-20)25-23(27)19-12-10-18(11-13-19)17-6-3-2-4-7-17/h2-13,16H,14-15H2,1H3,(H,24,26)(H,25,27). The van der Waals surface area contributed by atoms with Crippen LogP contribution in [0.4, 0.5) is 5.69 Å². The van der Waals surface area contributed by atoms with Gasteiger partial charge in [0.15, 0.2) is 0 Å². The lowest BCUT2D eigenvalue weighted by Gasteiger charge is -2.09. The summed E-state index contributed by atoms with van der Waals surface area (Å²) < 4.78 is 4.92. The number of hydrogen-bond donors (Lipinski definition) is 2. The first-order chi connectivity index (χ1) is 13.7. The molecule has 0 saturated carbocycles. The molecule has 3 aromatic rings. The van der Waals surface area contributed by atoms with Crippen LogP contribution in [0.3, 0.4) is 0 Å². The van der Waals surface area contributed by atoms with Crippen molar-refractivity contribution >= 4 is 17.5 Å². The van der Waals surface area contributed by atoms with Gasteiger partial charge in [-0.15, -0.1) is 0 Å². The number of hydrogen-bond acceptors (Lipinski definition) is 3. The molecule has 0 aliphatic heterocycles. The topological polar surface area (TPSA) is 67.4 Å². The highest BCUT2D eigenvalue weighted by atomic mass is 16.5. The summed E-state index contributed by atoms with van der Waals surface area (Å²) in [5.41, 5.74) is 3.74. The van der Waals surface area contributed by atoms with Crippen molar-refractivity contribution in [2.45, 2.75) is 0 Å². The number of nitrogens with one attached hydrogen (secondary N) is 2. The molecule has 0 aliphatic carbocycles. The van der Waals surface area contributed by atoms with E-state index >= 15 is 0 Å². The molecule has 0 aromatic heterocycles. The molecule has 2 N–H and O–H groups in total. The average molecular weight is 374 g/mol. The number of benzene rings is 3. The first kappa shape index (κ1) is 19.3. The number of ether oxygens (including phenoxy) is 1. The predicted molar refractivity (Wildman–Crippen MR) is 110 cm³/mol. The zero-order chi connectivity index (χ0) is 19.8. The van der Waals surface area contributed by atoms with Crippen LogP contribution in [0.1, 0.15) is 20.7 Å². The third-order valence-corrected chi connectivity index (χ3v) is 4.23. The molecule has 28 heavy (non-hydrogen) atoms. The minimum atomic E-state index is -0.225. The molecule has 0 spiro atoms. The number of carbonyl (C=O) groups is 2. The fraction of sp³-hybridized carbons (Fsp3) is 0.130. The lowest BCUT2D eigenvalue weighted by Crippen LogP contribution is -2.27. The Morgan fingerprint density at radius 3 is 2.21 bits per heavy atom. The molecule has 0 fully saturated rings. The van der Waals surface area contributed by atoms with E-state index in [1.54, 1.807) is 43.5 Å². The second-order valence-electron chi connectivity index (χ2n) is 6.23. The molecule has 5 heteroatoms. The molecule has 2 amide bonds. The largest absolute Gasteiger partial charge is 0.383 e. The van der Waals surface area contributed by atoms with Crippen LogP contribution in [-0.4, -0.2) is 32.1 Å². The Morgan fingerprint density at radius 2 is 1.50 bits per heavy atom. The van der Waals surface area contributed by atoms with Gasteiger partial charge in [0.05, 0.1) is 6.61 Å². The van der Waals surface area contributed by atoms with Crippen LogP contribution in [0.15, 0.2) is 78.9 Å². The second-order valence-corrected chi connectivity index (χ2v) is 6.23. The van der Waals surface area contributed by atoms with Gasteiger partial charge < -0.3 is 15.4 Å². The lowest BCUT2D eigenvalue weighted by atomic mass is 10.0. The van der Waals surface area contributed by atoms with E-state index in [2.05, 4.69) is 10.6 Å². The van der Waals surface area contributed by atoms with Crippen molar-refractivity contribution in [3.05, 3.63) is 90.0 Å². The Morgan fingerprint density at radius 1 is 0.786 bits per heavy atom. The minimum Gasteiger partial charge on any atom is -0.383 e. The number of carbonyl (C=O) groups excluding carboxylic acids is 2. The predicted octanol–water partition coefficient (Wildman–Crippen LogP) is 3.98. The van der Waals surface area contributed by atoms with Crippen LogP contribution in [-0.2, 0) is 4.74 Å². The highest BCUT2D eigenvalue weighted by molar-refractivity contribution is 6.05. The van der Waals surface area contributed by atoms with Gasteiger partial charge in [-0.1, -0.05) is 48.5 Å². The molecular formula is C23H22N2O3. The highest BCUT2D eigenvalue weighted by Crippen LogP contribution is 2.20. The maximum Gasteiger partial charge on any atom is 0.255 e. The van der Waals surface area contributed by atoms with E-state index in [1.807, 2.05) is 42.5 Å². The van der Waals surface area contributed by atoms with Crippen LogP contribution < -0.4 is 10.6 Å². The number of methoxy groups -OCH3 is 1. The second kappa shape index (κ2) is 9.48. The van der Waals surface area contributed by atoms with Crippen molar-refractivity contribution in [3.8, 4) is 11.1 Å². The molecule has 0 saturated heterocycles. The smallest absolute Gasteiger partial charge is 0.255 e. The molecule has 3 rings (SSSR count). The zero-order valence-electron chi connectivity index (χ0n) is 15.6. The summed E-state index contributed by atoms with van der Waals surface area (Å²) in [4.78, 5) is 24.6. The zero-order valence-corrected chi connectivity index (χ0v) is 15.6. The van der Waals surface area contributed by atoms with Crippen molar-refractivity contribution in [2.75, 3.05) is 25.6 Å². The van der Waals surface area contributed by atoms with E-state index in [1.165, 1.54) is 0 Å². The fourth-order valence-corrected chi connectivity index (χ4v) is 2.75. The maximum absolute atomic E-state index is 12.5. The van der Waals surface area contributed by atoms with E-state index in [-0.39, 0.29) is 11.8 Å². The summed E-state index contributed by atoms with van der Waals surface area (Å²) >= 11 is 0. The molecule has 3 aromatic carbocycles. The summed E-state index contributed by atoms with van der Waals surface area (Å²) in [5, 5.41) is 5.59. The Labute approximate surface area is 164 Å². The van der Waals surface area contributed by atoms with Gasteiger partial charge in [0, 0.05) is 30.5 Å². The van der Waals surface area contributed by atoms with Gasteiger partial charge in [-0.05, 0) is 41.5 Å². The van der Waals surface area contributed by atoms with Crippen LogP contribution in [0.2, 0.25) is 0 Å². The average Bonchev–Trinajstić information content (AvgIpc) is 2.75. The SMILES string of the molecule is COCCNC(=O)c1cccc(NC(=O)c2ccc(-c3ccccc3)cc2)c1. The van der Waals surface area contributed by atoms with Crippen LogP contribution >= 0.6 is 0 Å². The molecule has 142 valence electrons. The van der Waals surface area contributed by atoms with E-state index in [0.717, 1.165) is 11.1 Å². The Kier molecular flexibility index (Phi) is 6.54. The third kappa shape index (κ3) is 5.05. The molecule has 0 unspecified atom stereocenters. The normalized spacial score (nSPS) is 10.3. The summed E-state index contributed by atoms with van der Waals surface area (Å²) in [5.74, 6) is -0.433. The quantitative estimate of drug-likeness (QED) is 0.615. The van der Waals surface area contributed by atoms with E-state index < -0.39 is 0 Å². The van der Waals surface area contributed by atoms with Gasteiger partial charge in [0.25, 0.3) is 11.8 Å². The van der Waals surface area contributed by atoms with Crippen molar-refractivity contribution in [2.24, 2.45) is 0 Å². The molecular weight excluding hydrogens is 352 g/mol. The molecule has 0 heterocycles. The van der Waals surface area contributed by atoms with Crippen molar-refractivity contribution in [1.82, 2.24) is 5.32 Å². The fourth-order valence-electron chi connectivity index (χ4n) is 2.75. The Bertz CT molecular complexity index is 938. The molecule has 0 radical (unpaired) electrons. The summed E-state index contributed by atoms with van der Waals surface area (Å²) in [6.07, 6.45) is 0. The lowest BCUT2D eigenvalue weighted by molar-refractivity contribution is 0.0936. The van der Waals surface area contributed by atoms with Gasteiger partial charge in [-0.3, -0.25) is 9.59 Å². The molecule has 0 aliphatic rings. The summed E-state index contributed by atoms with van der Waals surface area (Å²) in [6.45, 7) is 0.876. The molecule has 5 nitrogen and oxygen atoms in total. The van der Waals surface area contributed by atoms with Gasteiger partial charge in [-0.25, -0.2) is 0 Å². The monoisotopic (exact) mass is 374 g/mol. The van der Waals surface area contributed by atoms with E-state index in [4.69, 9.17) is 4.74 Å². The van der Waals surface area contributed by atoms with E-state index in [0.29, 0.717) is 30.0 Å². The van der Waals surface area contributed by atoms with Crippen LogP contribution in [0.25, 0.3) is 11.1 Å². The minimum absolute atomic E-state index is 0.208. The molecule has 0 bridgehead atoms. The van der Waals surface area contributed by atoms with Crippen molar-refractivity contribution < 1.29 is 14.3 Å². The number of rotatable bonds is 7. The van der Waals surface area contributed by atoms with Gasteiger partial charge in [-0.2, -0.15) is 0 Å². The molecule has 0 atom stereocenters. The van der Waals surface area contributed by atoms with Crippen molar-refractivity contribution in [1.29, 1.82) is 0 Å². The third-order valence-electron chi connectivity index (χ3n) is 4.23. The van der Waals surface area contributed by atoms with Gasteiger partial charge >= 0.3 is 0 Å². The van der Waals surface area contributed by atoms with Crippen LogP contribution in [0.5, 0.6) is 0 Å².